The lowest BCUT2D eigenvalue weighted by Gasteiger charge is -2.23. The van der Waals surface area contributed by atoms with E-state index in [0.29, 0.717) is 0 Å². The Balaban J connectivity index is 2.03. The summed E-state index contributed by atoms with van der Waals surface area (Å²) in [6.45, 7) is 4.45. The number of thioether (sulfide) groups is 1. The number of fused-ring (bicyclic) bond motifs is 1. The number of nitrogens with zero attached hydrogens (tertiary/aromatic N) is 1. The quantitative estimate of drug-likeness (QED) is 0.674. The van der Waals surface area contributed by atoms with Crippen molar-refractivity contribution < 1.29 is 4.58 Å². The number of nitrogens with one attached hydrogen (secondary N) is 1. The van der Waals surface area contributed by atoms with Gasteiger partial charge in [-0.1, -0.05) is 18.2 Å². The Kier molecular flexibility index (Phi) is 2.20. The average Bonchev–Trinajstić information content (AvgIpc) is 2.27. The first-order valence-electron chi connectivity index (χ1n) is 5.45. The van der Waals surface area contributed by atoms with Gasteiger partial charge in [-0.2, -0.15) is 0 Å². The van der Waals surface area contributed by atoms with Crippen molar-refractivity contribution in [3.63, 3.8) is 0 Å². The standard InChI is InChI=1S/C12H14N2S/c1-9-4-2-5-10-8-14-6-3-7-15-12(14)13-11(9)10/h2,4-5H,3,6-8H2,1H3/p+1. The largest absolute Gasteiger partial charge is 0.311 e. The van der Waals surface area contributed by atoms with Crippen LogP contribution < -0.4 is 5.32 Å². The van der Waals surface area contributed by atoms with E-state index in [0.717, 1.165) is 6.54 Å². The van der Waals surface area contributed by atoms with E-state index in [1.807, 2.05) is 11.8 Å². The van der Waals surface area contributed by atoms with Crippen LogP contribution in [0.5, 0.6) is 0 Å². The smallest absolute Gasteiger partial charge is 0.252 e. The summed E-state index contributed by atoms with van der Waals surface area (Å²) in [4.78, 5) is 0. The van der Waals surface area contributed by atoms with Crippen molar-refractivity contribution in [1.82, 2.24) is 0 Å². The molecule has 2 nitrogen and oxygen atoms in total. The second-order valence-electron chi connectivity index (χ2n) is 4.16. The molecule has 0 aliphatic carbocycles. The highest BCUT2D eigenvalue weighted by Crippen LogP contribution is 2.28. The number of amidine groups is 1. The predicted molar refractivity (Wildman–Crippen MR) is 65.7 cm³/mol. The maximum Gasteiger partial charge on any atom is 0.311 e. The third-order valence-corrected chi connectivity index (χ3v) is 4.18. The minimum absolute atomic E-state index is 1.08. The summed E-state index contributed by atoms with van der Waals surface area (Å²) in [6.07, 6.45) is 1.30. The van der Waals surface area contributed by atoms with Gasteiger partial charge in [0.1, 0.15) is 12.2 Å². The second kappa shape index (κ2) is 3.56. The molecule has 0 fully saturated rings. The van der Waals surface area contributed by atoms with Gasteiger partial charge < -0.3 is 0 Å². The van der Waals surface area contributed by atoms with Gasteiger partial charge in [-0.3, -0.25) is 4.58 Å². The molecule has 2 heterocycles. The molecule has 3 rings (SSSR count). The van der Waals surface area contributed by atoms with Gasteiger partial charge in [0, 0.05) is 11.3 Å². The molecule has 2 aliphatic rings. The van der Waals surface area contributed by atoms with E-state index in [-0.39, 0.29) is 0 Å². The number of hydrogen-bond donors (Lipinski definition) is 1. The van der Waals surface area contributed by atoms with E-state index in [1.54, 1.807) is 0 Å². The fraction of sp³-hybridized carbons (Fsp3) is 0.417. The third-order valence-electron chi connectivity index (χ3n) is 3.05. The SMILES string of the molecule is Cc1cccc2c1NC1=[N+](CCCS1)C2. The highest BCUT2D eigenvalue weighted by molar-refractivity contribution is 8.13. The minimum Gasteiger partial charge on any atom is -0.252 e. The van der Waals surface area contributed by atoms with Gasteiger partial charge in [0.05, 0.1) is 6.54 Å². The van der Waals surface area contributed by atoms with Gasteiger partial charge in [0.15, 0.2) is 0 Å². The summed E-state index contributed by atoms with van der Waals surface area (Å²) >= 11 is 1.95. The molecule has 1 aromatic rings. The molecule has 2 aliphatic heterocycles. The Morgan fingerprint density at radius 3 is 3.27 bits per heavy atom. The third kappa shape index (κ3) is 1.55. The van der Waals surface area contributed by atoms with E-state index in [1.165, 1.54) is 40.7 Å². The maximum atomic E-state index is 3.57. The van der Waals surface area contributed by atoms with Crippen LogP contribution in [0.15, 0.2) is 18.2 Å². The first-order chi connectivity index (χ1) is 7.34. The highest BCUT2D eigenvalue weighted by Gasteiger charge is 2.27. The molecule has 1 aromatic carbocycles. The molecule has 0 amide bonds. The molecular formula is C12H15N2S+. The van der Waals surface area contributed by atoms with Crippen molar-refractivity contribution >= 4 is 22.6 Å². The van der Waals surface area contributed by atoms with Crippen molar-refractivity contribution in [3.8, 4) is 0 Å². The number of benzene rings is 1. The van der Waals surface area contributed by atoms with Crippen LogP contribution in [-0.2, 0) is 6.54 Å². The molecule has 15 heavy (non-hydrogen) atoms. The van der Waals surface area contributed by atoms with E-state index < -0.39 is 0 Å². The Morgan fingerprint density at radius 2 is 2.33 bits per heavy atom. The lowest BCUT2D eigenvalue weighted by atomic mass is 10.1. The van der Waals surface area contributed by atoms with Crippen LogP contribution in [-0.4, -0.2) is 22.0 Å². The molecule has 1 N–H and O–H groups in total. The van der Waals surface area contributed by atoms with Crippen molar-refractivity contribution in [2.75, 3.05) is 17.6 Å². The average molecular weight is 219 g/mol. The monoisotopic (exact) mass is 219 g/mol. The Hall–Kier alpha value is -0.960. The number of hydrogen-bond acceptors (Lipinski definition) is 2. The van der Waals surface area contributed by atoms with Gasteiger partial charge >= 0.3 is 5.17 Å². The van der Waals surface area contributed by atoms with Crippen LogP contribution in [0.4, 0.5) is 5.69 Å². The zero-order valence-corrected chi connectivity index (χ0v) is 9.73. The molecule has 0 unspecified atom stereocenters. The van der Waals surface area contributed by atoms with Crippen molar-refractivity contribution in [2.24, 2.45) is 0 Å². The summed E-state index contributed by atoms with van der Waals surface area (Å²) < 4.78 is 2.45. The summed E-state index contributed by atoms with van der Waals surface area (Å²) in [5, 5.41) is 4.92. The Labute approximate surface area is 94.4 Å². The summed E-state index contributed by atoms with van der Waals surface area (Å²) in [5.41, 5.74) is 4.12. The Morgan fingerprint density at radius 1 is 1.40 bits per heavy atom. The van der Waals surface area contributed by atoms with E-state index in [9.17, 15) is 0 Å². The fourth-order valence-corrected chi connectivity index (χ4v) is 3.21. The molecule has 3 heteroatoms. The van der Waals surface area contributed by atoms with Crippen LogP contribution >= 0.6 is 11.8 Å². The van der Waals surface area contributed by atoms with Gasteiger partial charge in [-0.25, -0.2) is 5.32 Å². The molecule has 0 atom stereocenters. The van der Waals surface area contributed by atoms with E-state index in [4.69, 9.17) is 0 Å². The minimum atomic E-state index is 1.08. The number of aryl methyl sites for hydroxylation is 1. The molecule has 0 radical (unpaired) electrons. The number of rotatable bonds is 0. The Bertz CT molecular complexity index is 437. The molecule has 0 saturated heterocycles. The van der Waals surface area contributed by atoms with Crippen LogP contribution in [0.2, 0.25) is 0 Å². The predicted octanol–water partition coefficient (Wildman–Crippen LogP) is 2.43. The van der Waals surface area contributed by atoms with Gasteiger partial charge in [-0.15, -0.1) is 0 Å². The fourth-order valence-electron chi connectivity index (χ4n) is 2.23. The number of anilines is 1. The highest BCUT2D eigenvalue weighted by atomic mass is 32.2. The summed E-state index contributed by atoms with van der Waals surface area (Å²) in [5.74, 6) is 1.25. The van der Waals surface area contributed by atoms with Crippen LogP contribution in [0, 0.1) is 6.92 Å². The molecule has 78 valence electrons. The molecule has 0 spiro atoms. The van der Waals surface area contributed by atoms with E-state index in [2.05, 4.69) is 35.0 Å². The zero-order valence-electron chi connectivity index (χ0n) is 8.92. The van der Waals surface area contributed by atoms with E-state index >= 15 is 0 Å². The molecule has 0 bridgehead atoms. The topological polar surface area (TPSA) is 15.0 Å². The zero-order chi connectivity index (χ0) is 10.3. The van der Waals surface area contributed by atoms with Gasteiger partial charge in [-0.05, 0) is 30.7 Å². The van der Waals surface area contributed by atoms with Crippen LogP contribution in [0.25, 0.3) is 0 Å². The van der Waals surface area contributed by atoms with Crippen molar-refractivity contribution in [3.05, 3.63) is 29.3 Å². The second-order valence-corrected chi connectivity index (χ2v) is 5.25. The first kappa shape index (κ1) is 9.28. The lowest BCUT2D eigenvalue weighted by molar-refractivity contribution is -0.543. The maximum absolute atomic E-state index is 3.57. The lowest BCUT2D eigenvalue weighted by Crippen LogP contribution is -2.34. The van der Waals surface area contributed by atoms with Gasteiger partial charge in [0.2, 0.25) is 0 Å². The first-order valence-corrected chi connectivity index (χ1v) is 6.43. The van der Waals surface area contributed by atoms with Crippen LogP contribution in [0.3, 0.4) is 0 Å². The molecular weight excluding hydrogens is 204 g/mol. The van der Waals surface area contributed by atoms with Crippen LogP contribution in [0.1, 0.15) is 17.5 Å². The molecule has 0 saturated carbocycles. The summed E-state index contributed by atoms with van der Waals surface area (Å²) in [6, 6.07) is 6.55. The van der Waals surface area contributed by atoms with Crippen molar-refractivity contribution in [2.45, 2.75) is 19.9 Å². The molecule has 0 aromatic heterocycles. The normalized spacial score (nSPS) is 19.3. The van der Waals surface area contributed by atoms with Crippen molar-refractivity contribution in [1.29, 1.82) is 0 Å². The number of para-hydroxylation sites is 1. The van der Waals surface area contributed by atoms with Gasteiger partial charge in [0.25, 0.3) is 0 Å². The summed E-state index contributed by atoms with van der Waals surface area (Å²) in [7, 11) is 0.